The monoisotopic (exact) mass is 352 g/mol. The second kappa shape index (κ2) is 6.20. The van der Waals surface area contributed by atoms with E-state index in [0.29, 0.717) is 5.56 Å². The van der Waals surface area contributed by atoms with Crippen molar-refractivity contribution in [2.75, 3.05) is 19.0 Å². The average Bonchev–Trinajstić information content (AvgIpc) is 2.82. The fourth-order valence-electron chi connectivity index (χ4n) is 2.92. The van der Waals surface area contributed by atoms with Crippen LogP contribution >= 0.6 is 0 Å². The van der Waals surface area contributed by atoms with Crippen molar-refractivity contribution in [1.29, 1.82) is 0 Å². The number of anilines is 1. The fraction of sp³-hybridized carbons (Fsp3) is 0.158. The van der Waals surface area contributed by atoms with E-state index < -0.39 is 27.8 Å². The molecule has 132 valence electrons. The van der Waals surface area contributed by atoms with Crippen LogP contribution in [0.1, 0.15) is 26.3 Å². The van der Waals surface area contributed by atoms with E-state index in [1.54, 1.807) is 24.3 Å². The molecule has 7 heteroatoms. The zero-order valence-corrected chi connectivity index (χ0v) is 14.2. The van der Waals surface area contributed by atoms with Gasteiger partial charge in [-0.2, -0.15) is 0 Å². The van der Waals surface area contributed by atoms with Crippen LogP contribution in [-0.2, 0) is 0 Å². The zero-order valence-electron chi connectivity index (χ0n) is 14.2. The van der Waals surface area contributed by atoms with Gasteiger partial charge in [0.05, 0.1) is 4.92 Å². The second-order valence-electron chi connectivity index (χ2n) is 6.19. The number of hydrogen-bond donors (Lipinski definition) is 1. The van der Waals surface area contributed by atoms with E-state index in [0.717, 1.165) is 11.8 Å². The molecule has 0 bridgehead atoms. The molecule has 3 rings (SSSR count). The largest absolute Gasteiger partial charge is 0.378 e. The smallest absolute Gasteiger partial charge is 0.294 e. The van der Waals surface area contributed by atoms with Gasteiger partial charge in [0.15, 0.2) is 0 Å². The first-order chi connectivity index (χ1) is 12.3. The number of benzene rings is 2. The predicted molar refractivity (Wildman–Crippen MR) is 95.8 cm³/mol. The van der Waals surface area contributed by atoms with E-state index in [-0.39, 0.29) is 11.1 Å². The van der Waals surface area contributed by atoms with Crippen LogP contribution in [0.4, 0.5) is 5.69 Å². The summed E-state index contributed by atoms with van der Waals surface area (Å²) in [6.07, 6.45) is 1.06. The maximum Gasteiger partial charge on any atom is 0.294 e. The normalized spacial score (nSPS) is 15.7. The van der Waals surface area contributed by atoms with Gasteiger partial charge in [-0.15, -0.1) is 0 Å². The Bertz CT molecular complexity index is 910. The Hall–Kier alpha value is -3.32. The standard InChI is InChI=1S/C19H16N2O5/c1-20(2)13-9-7-12(8-10-13)11-16(21(25)26)19(24)17(22)14-5-3-4-6-15(14)18(19)23/h3-11,24H,1-2H3/b16-11-. The molecule has 0 amide bonds. The molecular formula is C19H16N2O5. The van der Waals surface area contributed by atoms with Crippen LogP contribution in [0.25, 0.3) is 6.08 Å². The topological polar surface area (TPSA) is 101 Å². The van der Waals surface area contributed by atoms with Crippen molar-refractivity contribution in [2.45, 2.75) is 5.60 Å². The number of carbonyl (C=O) groups is 2. The minimum Gasteiger partial charge on any atom is -0.378 e. The lowest BCUT2D eigenvalue weighted by Gasteiger charge is -2.16. The van der Waals surface area contributed by atoms with Crippen molar-refractivity contribution in [2.24, 2.45) is 0 Å². The molecule has 7 nitrogen and oxygen atoms in total. The van der Waals surface area contributed by atoms with Crippen molar-refractivity contribution in [1.82, 2.24) is 0 Å². The third-order valence-electron chi connectivity index (χ3n) is 4.35. The third-order valence-corrected chi connectivity index (χ3v) is 4.35. The van der Waals surface area contributed by atoms with Crippen molar-refractivity contribution in [3.05, 3.63) is 81.0 Å². The molecule has 0 saturated carbocycles. The first-order valence-corrected chi connectivity index (χ1v) is 7.81. The number of rotatable bonds is 4. The van der Waals surface area contributed by atoms with Crippen LogP contribution in [0.2, 0.25) is 0 Å². The summed E-state index contributed by atoms with van der Waals surface area (Å²) < 4.78 is 0. The number of fused-ring (bicyclic) bond motifs is 1. The molecule has 2 aromatic carbocycles. The summed E-state index contributed by atoms with van der Waals surface area (Å²) in [7, 11) is 3.70. The van der Waals surface area contributed by atoms with Gasteiger partial charge in [0.1, 0.15) is 0 Å². The molecule has 0 spiro atoms. The summed E-state index contributed by atoms with van der Waals surface area (Å²) in [5.41, 5.74) is -2.45. The third kappa shape index (κ3) is 2.58. The summed E-state index contributed by atoms with van der Waals surface area (Å²) in [4.78, 5) is 37.7. The van der Waals surface area contributed by atoms with E-state index in [4.69, 9.17) is 0 Å². The zero-order chi connectivity index (χ0) is 19.1. The van der Waals surface area contributed by atoms with Gasteiger partial charge < -0.3 is 10.0 Å². The summed E-state index contributed by atoms with van der Waals surface area (Å²) in [6, 6.07) is 12.5. The van der Waals surface area contributed by atoms with Gasteiger partial charge in [-0.3, -0.25) is 19.7 Å². The van der Waals surface area contributed by atoms with Crippen LogP contribution in [-0.4, -0.2) is 41.3 Å². The predicted octanol–water partition coefficient (Wildman–Crippen LogP) is 2.18. The highest BCUT2D eigenvalue weighted by atomic mass is 16.6. The van der Waals surface area contributed by atoms with Crippen molar-refractivity contribution in [3.8, 4) is 0 Å². The van der Waals surface area contributed by atoms with Gasteiger partial charge in [0, 0.05) is 37.0 Å². The molecule has 0 aliphatic heterocycles. The molecule has 2 aromatic rings. The van der Waals surface area contributed by atoms with Gasteiger partial charge >= 0.3 is 0 Å². The van der Waals surface area contributed by atoms with E-state index >= 15 is 0 Å². The Morgan fingerprint density at radius 2 is 1.54 bits per heavy atom. The fourth-order valence-corrected chi connectivity index (χ4v) is 2.92. The second-order valence-corrected chi connectivity index (χ2v) is 6.19. The molecule has 0 saturated heterocycles. The Balaban J connectivity index is 2.10. The summed E-state index contributed by atoms with van der Waals surface area (Å²) in [6.45, 7) is 0. The Labute approximate surface area is 149 Å². The number of ketones is 2. The molecule has 1 aliphatic carbocycles. The van der Waals surface area contributed by atoms with Gasteiger partial charge in [-0.05, 0) is 17.7 Å². The highest BCUT2D eigenvalue weighted by Gasteiger charge is 2.60. The van der Waals surface area contributed by atoms with E-state index in [1.165, 1.54) is 24.3 Å². The van der Waals surface area contributed by atoms with Gasteiger partial charge in [-0.25, -0.2) is 0 Å². The lowest BCUT2D eigenvalue weighted by Crippen LogP contribution is -2.45. The number of nitrogens with zero attached hydrogens (tertiary/aromatic N) is 2. The lowest BCUT2D eigenvalue weighted by molar-refractivity contribution is -0.435. The minimum atomic E-state index is -2.83. The van der Waals surface area contributed by atoms with Gasteiger partial charge in [0.2, 0.25) is 11.6 Å². The SMILES string of the molecule is CN(C)c1ccc(/C=C(\[N+](=O)[O-])C2(O)C(=O)c3ccccc3C2=O)cc1. The molecule has 0 heterocycles. The average molecular weight is 352 g/mol. The van der Waals surface area contributed by atoms with E-state index in [9.17, 15) is 24.8 Å². The molecule has 0 fully saturated rings. The summed E-state index contributed by atoms with van der Waals surface area (Å²) in [5, 5.41) is 22.3. The molecule has 1 N–H and O–H groups in total. The quantitative estimate of drug-likeness (QED) is 0.514. The Kier molecular flexibility index (Phi) is 4.17. The number of hydrogen-bond acceptors (Lipinski definition) is 6. The van der Waals surface area contributed by atoms with Gasteiger partial charge in [-0.1, -0.05) is 36.4 Å². The Morgan fingerprint density at radius 3 is 1.96 bits per heavy atom. The maximum atomic E-state index is 12.6. The highest BCUT2D eigenvalue weighted by molar-refractivity contribution is 6.33. The van der Waals surface area contributed by atoms with Crippen molar-refractivity contribution < 1.29 is 19.6 Å². The summed E-state index contributed by atoms with van der Waals surface area (Å²) in [5.74, 6) is -1.96. The molecule has 0 atom stereocenters. The number of nitro groups is 1. The maximum absolute atomic E-state index is 12.6. The van der Waals surface area contributed by atoms with Crippen LogP contribution in [0, 0.1) is 10.1 Å². The number of Topliss-reactive ketones (excluding diaryl/α,β-unsaturated/α-hetero) is 2. The molecule has 0 aromatic heterocycles. The highest BCUT2D eigenvalue weighted by Crippen LogP contribution is 2.36. The van der Waals surface area contributed by atoms with Crippen molar-refractivity contribution >= 4 is 23.3 Å². The number of aliphatic hydroxyl groups is 1. The van der Waals surface area contributed by atoms with Crippen LogP contribution in [0.5, 0.6) is 0 Å². The van der Waals surface area contributed by atoms with E-state index in [1.807, 2.05) is 19.0 Å². The van der Waals surface area contributed by atoms with Crippen LogP contribution < -0.4 is 4.90 Å². The van der Waals surface area contributed by atoms with Crippen LogP contribution in [0.15, 0.2) is 54.2 Å². The van der Waals surface area contributed by atoms with E-state index in [2.05, 4.69) is 0 Å². The first kappa shape index (κ1) is 17.5. The summed E-state index contributed by atoms with van der Waals surface area (Å²) >= 11 is 0. The molecule has 0 unspecified atom stereocenters. The van der Waals surface area contributed by atoms with Crippen LogP contribution in [0.3, 0.4) is 0 Å². The minimum absolute atomic E-state index is 0.0179. The Morgan fingerprint density at radius 1 is 1.04 bits per heavy atom. The van der Waals surface area contributed by atoms with Crippen molar-refractivity contribution in [3.63, 3.8) is 0 Å². The first-order valence-electron chi connectivity index (χ1n) is 7.81. The molecule has 26 heavy (non-hydrogen) atoms. The lowest BCUT2D eigenvalue weighted by atomic mass is 9.92. The van der Waals surface area contributed by atoms with Gasteiger partial charge in [0.25, 0.3) is 11.3 Å². The molecule has 0 radical (unpaired) electrons. The number of carbonyl (C=O) groups excluding carboxylic acids is 2. The molecular weight excluding hydrogens is 336 g/mol. The molecule has 1 aliphatic rings.